The lowest BCUT2D eigenvalue weighted by molar-refractivity contribution is 0.0949. The van der Waals surface area contributed by atoms with Crippen molar-refractivity contribution in [3.05, 3.63) is 70.3 Å². The van der Waals surface area contributed by atoms with Gasteiger partial charge in [-0.15, -0.1) is 0 Å². The van der Waals surface area contributed by atoms with Crippen molar-refractivity contribution >= 4 is 5.91 Å². The Labute approximate surface area is 143 Å². The maximum atomic E-state index is 12.3. The van der Waals surface area contributed by atoms with E-state index in [4.69, 9.17) is 9.15 Å². The monoisotopic (exact) mass is 339 g/mol. The van der Waals surface area contributed by atoms with Crippen molar-refractivity contribution in [2.75, 3.05) is 6.61 Å². The van der Waals surface area contributed by atoms with Crippen molar-refractivity contribution < 1.29 is 13.9 Å². The van der Waals surface area contributed by atoms with Crippen LogP contribution in [0.3, 0.4) is 0 Å². The Hall–Kier alpha value is -3.35. The summed E-state index contributed by atoms with van der Waals surface area (Å²) < 4.78 is 10.6. The first-order valence-electron chi connectivity index (χ1n) is 7.81. The van der Waals surface area contributed by atoms with Crippen LogP contribution in [0.5, 0.6) is 5.88 Å². The quantitative estimate of drug-likeness (QED) is 0.718. The van der Waals surface area contributed by atoms with Gasteiger partial charge < -0.3 is 19.5 Å². The topological polar surface area (TPSA) is 97.2 Å². The van der Waals surface area contributed by atoms with Gasteiger partial charge in [-0.1, -0.05) is 6.07 Å². The number of pyridine rings is 2. The Morgan fingerprint density at radius 3 is 2.88 bits per heavy atom. The number of rotatable bonds is 6. The molecule has 0 aliphatic heterocycles. The van der Waals surface area contributed by atoms with Crippen LogP contribution in [0.1, 0.15) is 22.8 Å². The van der Waals surface area contributed by atoms with E-state index in [1.807, 2.05) is 13.0 Å². The molecule has 7 heteroatoms. The van der Waals surface area contributed by atoms with E-state index in [1.54, 1.807) is 30.5 Å². The molecule has 25 heavy (non-hydrogen) atoms. The van der Waals surface area contributed by atoms with Crippen LogP contribution >= 0.6 is 0 Å². The van der Waals surface area contributed by atoms with Crippen LogP contribution in [-0.2, 0) is 6.54 Å². The molecule has 0 aliphatic carbocycles. The van der Waals surface area contributed by atoms with Crippen molar-refractivity contribution in [3.8, 4) is 17.3 Å². The smallest absolute Gasteiger partial charge is 0.261 e. The van der Waals surface area contributed by atoms with Crippen LogP contribution < -0.4 is 15.6 Å². The van der Waals surface area contributed by atoms with E-state index in [0.717, 1.165) is 5.56 Å². The number of ether oxygens (including phenoxy) is 1. The van der Waals surface area contributed by atoms with Gasteiger partial charge in [0.05, 0.1) is 18.6 Å². The fraction of sp³-hybridized carbons (Fsp3) is 0.167. The number of carbonyl (C=O) groups is 1. The lowest BCUT2D eigenvalue weighted by atomic mass is 10.2. The fourth-order valence-electron chi connectivity index (χ4n) is 2.32. The van der Waals surface area contributed by atoms with E-state index in [2.05, 4.69) is 15.3 Å². The number of nitrogens with zero attached hydrogens (tertiary/aromatic N) is 1. The number of H-pyrrole nitrogens is 1. The van der Waals surface area contributed by atoms with Crippen LogP contribution in [0, 0.1) is 0 Å². The largest absolute Gasteiger partial charge is 0.478 e. The highest BCUT2D eigenvalue weighted by atomic mass is 16.5. The number of hydrogen-bond acceptors (Lipinski definition) is 5. The molecular weight excluding hydrogens is 322 g/mol. The molecule has 128 valence electrons. The zero-order valence-electron chi connectivity index (χ0n) is 13.6. The lowest BCUT2D eigenvalue weighted by Gasteiger charge is -2.09. The fourth-order valence-corrected chi connectivity index (χ4v) is 2.32. The molecule has 1 amide bonds. The summed E-state index contributed by atoms with van der Waals surface area (Å²) in [7, 11) is 0. The second kappa shape index (κ2) is 7.48. The molecule has 7 nitrogen and oxygen atoms in total. The van der Waals surface area contributed by atoms with Crippen LogP contribution in [0.25, 0.3) is 11.5 Å². The molecule has 3 aromatic rings. The Balaban J connectivity index is 1.73. The summed E-state index contributed by atoms with van der Waals surface area (Å²) in [6, 6.07) is 10.1. The van der Waals surface area contributed by atoms with Gasteiger partial charge in [0.25, 0.3) is 11.5 Å². The molecular formula is C18H17N3O4. The summed E-state index contributed by atoms with van der Waals surface area (Å²) in [4.78, 5) is 31.2. The zero-order valence-corrected chi connectivity index (χ0v) is 13.6. The highest BCUT2D eigenvalue weighted by Gasteiger charge is 2.13. The van der Waals surface area contributed by atoms with Gasteiger partial charge in [-0.2, -0.15) is 0 Å². The molecule has 2 N–H and O–H groups in total. The standard InChI is InChI=1S/C18H17N3O4/c1-2-24-18-12(5-3-9-19-18)11-20-16(22)13-7-8-14(21-17(13)23)15-6-4-10-25-15/h3-10H,2,11H2,1H3,(H,20,22)(H,21,23). The minimum atomic E-state index is -0.484. The third-order valence-electron chi connectivity index (χ3n) is 3.51. The van der Waals surface area contributed by atoms with E-state index in [1.165, 1.54) is 12.3 Å². The number of aromatic nitrogens is 2. The van der Waals surface area contributed by atoms with Gasteiger partial charge in [0.2, 0.25) is 5.88 Å². The first kappa shape index (κ1) is 16.5. The van der Waals surface area contributed by atoms with Gasteiger partial charge in [-0.25, -0.2) is 4.98 Å². The van der Waals surface area contributed by atoms with Crippen molar-refractivity contribution in [3.63, 3.8) is 0 Å². The second-order valence-electron chi connectivity index (χ2n) is 5.18. The third-order valence-corrected chi connectivity index (χ3v) is 3.51. The van der Waals surface area contributed by atoms with E-state index in [0.29, 0.717) is 23.9 Å². The second-order valence-corrected chi connectivity index (χ2v) is 5.18. The molecule has 3 aromatic heterocycles. The van der Waals surface area contributed by atoms with Gasteiger partial charge in [0.15, 0.2) is 0 Å². The third kappa shape index (κ3) is 3.77. The molecule has 0 radical (unpaired) electrons. The first-order valence-corrected chi connectivity index (χ1v) is 7.81. The lowest BCUT2D eigenvalue weighted by Crippen LogP contribution is -2.29. The summed E-state index contributed by atoms with van der Waals surface area (Å²) in [5.41, 5.74) is 0.790. The summed E-state index contributed by atoms with van der Waals surface area (Å²) in [5, 5.41) is 2.71. The van der Waals surface area contributed by atoms with Crippen molar-refractivity contribution in [2.45, 2.75) is 13.5 Å². The van der Waals surface area contributed by atoms with E-state index < -0.39 is 11.5 Å². The summed E-state index contributed by atoms with van der Waals surface area (Å²) in [6.45, 7) is 2.55. The molecule has 3 heterocycles. The minimum absolute atomic E-state index is 0.0251. The Morgan fingerprint density at radius 1 is 1.28 bits per heavy atom. The SMILES string of the molecule is CCOc1ncccc1CNC(=O)c1ccc(-c2ccco2)[nH]c1=O. The number of hydrogen-bond donors (Lipinski definition) is 2. The van der Waals surface area contributed by atoms with E-state index >= 15 is 0 Å². The average Bonchev–Trinajstić information content (AvgIpc) is 3.15. The highest BCUT2D eigenvalue weighted by Crippen LogP contribution is 2.16. The van der Waals surface area contributed by atoms with Crippen LogP contribution in [-0.4, -0.2) is 22.5 Å². The number of amides is 1. The minimum Gasteiger partial charge on any atom is -0.478 e. The highest BCUT2D eigenvalue weighted by molar-refractivity contribution is 5.94. The number of nitrogens with one attached hydrogen (secondary N) is 2. The van der Waals surface area contributed by atoms with Gasteiger partial charge >= 0.3 is 0 Å². The molecule has 0 saturated carbocycles. The van der Waals surface area contributed by atoms with Crippen LogP contribution in [0.15, 0.2) is 58.1 Å². The molecule has 0 fully saturated rings. The molecule has 0 saturated heterocycles. The normalized spacial score (nSPS) is 10.4. The predicted octanol–water partition coefficient (Wildman–Crippen LogP) is 2.36. The Kier molecular flexibility index (Phi) is 4.94. The van der Waals surface area contributed by atoms with Crippen LogP contribution in [0.4, 0.5) is 0 Å². The maximum Gasteiger partial charge on any atom is 0.261 e. The van der Waals surface area contributed by atoms with Gasteiger partial charge in [0, 0.05) is 18.3 Å². The molecule has 0 unspecified atom stereocenters. The molecule has 0 spiro atoms. The molecule has 0 aliphatic rings. The zero-order chi connectivity index (χ0) is 17.6. The van der Waals surface area contributed by atoms with Gasteiger partial charge in [0.1, 0.15) is 11.3 Å². The Morgan fingerprint density at radius 2 is 2.16 bits per heavy atom. The van der Waals surface area contributed by atoms with Gasteiger partial charge in [-0.05, 0) is 37.3 Å². The predicted molar refractivity (Wildman–Crippen MR) is 91.3 cm³/mol. The molecule has 0 bridgehead atoms. The molecule has 3 rings (SSSR count). The number of furan rings is 1. The van der Waals surface area contributed by atoms with Gasteiger partial charge in [-0.3, -0.25) is 9.59 Å². The number of carbonyl (C=O) groups excluding carboxylic acids is 1. The van der Waals surface area contributed by atoms with E-state index in [-0.39, 0.29) is 12.1 Å². The van der Waals surface area contributed by atoms with Crippen molar-refractivity contribution in [1.82, 2.24) is 15.3 Å². The maximum absolute atomic E-state index is 12.3. The molecule has 0 atom stereocenters. The Bertz CT molecular complexity index is 916. The van der Waals surface area contributed by atoms with E-state index in [9.17, 15) is 9.59 Å². The average molecular weight is 339 g/mol. The summed E-state index contributed by atoms with van der Waals surface area (Å²) in [5.74, 6) is 0.520. The molecule has 0 aromatic carbocycles. The van der Waals surface area contributed by atoms with Crippen LogP contribution in [0.2, 0.25) is 0 Å². The van der Waals surface area contributed by atoms with Crippen molar-refractivity contribution in [1.29, 1.82) is 0 Å². The van der Waals surface area contributed by atoms with Crippen molar-refractivity contribution in [2.24, 2.45) is 0 Å². The summed E-state index contributed by atoms with van der Waals surface area (Å²) in [6.07, 6.45) is 3.13. The number of aromatic amines is 1. The summed E-state index contributed by atoms with van der Waals surface area (Å²) >= 11 is 0. The first-order chi connectivity index (χ1) is 12.2.